The van der Waals surface area contributed by atoms with E-state index in [1.807, 2.05) is 12.1 Å². The second kappa shape index (κ2) is 6.46. The summed E-state index contributed by atoms with van der Waals surface area (Å²) in [5.41, 5.74) is 6.93. The van der Waals surface area contributed by atoms with Gasteiger partial charge in [-0.1, -0.05) is 26.0 Å². The highest BCUT2D eigenvalue weighted by molar-refractivity contribution is 7.89. The first-order valence-corrected chi connectivity index (χ1v) is 9.07. The van der Waals surface area contributed by atoms with E-state index in [0.717, 1.165) is 19.3 Å². The van der Waals surface area contributed by atoms with E-state index in [4.69, 9.17) is 5.73 Å². The fourth-order valence-corrected chi connectivity index (χ4v) is 4.16. The van der Waals surface area contributed by atoms with Gasteiger partial charge in [0.05, 0.1) is 4.90 Å². The normalized spacial score (nSPS) is 17.4. The van der Waals surface area contributed by atoms with Crippen LogP contribution in [0.3, 0.4) is 0 Å². The summed E-state index contributed by atoms with van der Waals surface area (Å²) in [6.07, 6.45) is 3.12. The van der Waals surface area contributed by atoms with Crippen LogP contribution in [0.4, 0.5) is 0 Å². The molecule has 0 heterocycles. The molecule has 5 heteroatoms. The van der Waals surface area contributed by atoms with E-state index >= 15 is 0 Å². The Morgan fingerprint density at radius 3 is 2.24 bits per heavy atom. The maximum atomic E-state index is 12.7. The number of hydrogen-bond acceptors (Lipinski definition) is 3. The van der Waals surface area contributed by atoms with Gasteiger partial charge in [-0.15, -0.1) is 0 Å². The molecule has 0 aromatic heterocycles. The second-order valence-electron chi connectivity index (χ2n) is 6.40. The zero-order valence-electron chi connectivity index (χ0n) is 13.1. The third kappa shape index (κ3) is 3.84. The Morgan fingerprint density at radius 1 is 1.24 bits per heavy atom. The Morgan fingerprint density at radius 2 is 1.81 bits per heavy atom. The molecule has 2 N–H and O–H groups in total. The van der Waals surface area contributed by atoms with Crippen LogP contribution >= 0.6 is 0 Å². The number of sulfonamides is 1. The molecular weight excluding hydrogens is 284 g/mol. The fourth-order valence-electron chi connectivity index (χ4n) is 2.73. The molecule has 0 bridgehead atoms. The fraction of sp³-hybridized carbons (Fsp3) is 0.625. The SMILES string of the molecule is CC(C)Cc1ccc(S(=O)(=O)N(C)C(CN)C2CC2)cc1. The van der Waals surface area contributed by atoms with Crippen molar-refractivity contribution in [1.82, 2.24) is 4.31 Å². The number of nitrogens with two attached hydrogens (primary N) is 1. The minimum absolute atomic E-state index is 0.0784. The van der Waals surface area contributed by atoms with E-state index in [0.29, 0.717) is 23.3 Å². The summed E-state index contributed by atoms with van der Waals surface area (Å²) in [5, 5.41) is 0. The molecule has 2 rings (SSSR count). The van der Waals surface area contributed by atoms with Crippen LogP contribution in [-0.4, -0.2) is 32.4 Å². The van der Waals surface area contributed by atoms with Crippen molar-refractivity contribution in [3.8, 4) is 0 Å². The van der Waals surface area contributed by atoms with E-state index in [1.165, 1.54) is 9.87 Å². The highest BCUT2D eigenvalue weighted by Crippen LogP contribution is 2.36. The van der Waals surface area contributed by atoms with Gasteiger partial charge in [0.2, 0.25) is 10.0 Å². The molecule has 1 saturated carbocycles. The number of rotatable bonds is 7. The first-order valence-electron chi connectivity index (χ1n) is 7.63. The van der Waals surface area contributed by atoms with Crippen LogP contribution in [0.25, 0.3) is 0 Å². The molecule has 1 aliphatic carbocycles. The predicted octanol–water partition coefficient (Wildman–Crippen LogP) is 2.24. The number of nitrogens with zero attached hydrogens (tertiary/aromatic N) is 1. The molecule has 0 amide bonds. The van der Waals surface area contributed by atoms with Gasteiger partial charge in [-0.3, -0.25) is 0 Å². The Hall–Kier alpha value is -0.910. The van der Waals surface area contributed by atoms with Crippen molar-refractivity contribution in [1.29, 1.82) is 0 Å². The number of hydrogen-bond donors (Lipinski definition) is 1. The first kappa shape index (κ1) is 16.5. The van der Waals surface area contributed by atoms with Crippen LogP contribution in [-0.2, 0) is 16.4 Å². The van der Waals surface area contributed by atoms with Crippen molar-refractivity contribution in [2.24, 2.45) is 17.6 Å². The molecule has 0 saturated heterocycles. The van der Waals surface area contributed by atoms with Gasteiger partial charge < -0.3 is 5.73 Å². The molecule has 0 radical (unpaired) electrons. The largest absolute Gasteiger partial charge is 0.329 e. The van der Waals surface area contributed by atoms with Crippen molar-refractivity contribution in [2.75, 3.05) is 13.6 Å². The summed E-state index contributed by atoms with van der Waals surface area (Å²) in [4.78, 5) is 0.358. The van der Waals surface area contributed by atoms with E-state index in [-0.39, 0.29) is 6.04 Å². The van der Waals surface area contributed by atoms with Crippen LogP contribution in [0.1, 0.15) is 32.3 Å². The molecule has 1 aromatic rings. The summed E-state index contributed by atoms with van der Waals surface area (Å²) in [7, 11) is -1.80. The van der Waals surface area contributed by atoms with E-state index in [9.17, 15) is 8.42 Å². The maximum Gasteiger partial charge on any atom is 0.243 e. The van der Waals surface area contributed by atoms with E-state index in [1.54, 1.807) is 19.2 Å². The van der Waals surface area contributed by atoms with E-state index in [2.05, 4.69) is 13.8 Å². The molecule has 4 nitrogen and oxygen atoms in total. The summed E-state index contributed by atoms with van der Waals surface area (Å²) < 4.78 is 26.8. The topological polar surface area (TPSA) is 63.4 Å². The van der Waals surface area contributed by atoms with Crippen molar-refractivity contribution in [3.05, 3.63) is 29.8 Å². The Kier molecular flexibility index (Phi) is 5.07. The molecule has 1 unspecified atom stereocenters. The molecule has 1 atom stereocenters. The number of likely N-dealkylation sites (N-methyl/N-ethyl adjacent to an activating group) is 1. The molecule has 0 aliphatic heterocycles. The summed E-state index contributed by atoms with van der Waals surface area (Å²) in [6, 6.07) is 7.17. The quantitative estimate of drug-likeness (QED) is 0.840. The smallest absolute Gasteiger partial charge is 0.243 e. The van der Waals surface area contributed by atoms with Gasteiger partial charge in [0, 0.05) is 19.6 Å². The zero-order valence-corrected chi connectivity index (χ0v) is 13.9. The molecule has 118 valence electrons. The highest BCUT2D eigenvalue weighted by atomic mass is 32.2. The predicted molar refractivity (Wildman–Crippen MR) is 85.5 cm³/mol. The molecule has 0 spiro atoms. The third-order valence-electron chi connectivity index (χ3n) is 4.12. The van der Waals surface area contributed by atoms with Gasteiger partial charge in [-0.25, -0.2) is 8.42 Å². The van der Waals surface area contributed by atoms with Crippen LogP contribution in [0, 0.1) is 11.8 Å². The molecule has 1 aromatic carbocycles. The lowest BCUT2D eigenvalue weighted by molar-refractivity contribution is 0.340. The Labute approximate surface area is 128 Å². The van der Waals surface area contributed by atoms with Crippen LogP contribution in [0.2, 0.25) is 0 Å². The van der Waals surface area contributed by atoms with E-state index < -0.39 is 10.0 Å². The van der Waals surface area contributed by atoms with Crippen LogP contribution < -0.4 is 5.73 Å². The van der Waals surface area contributed by atoms with Gasteiger partial charge in [-0.2, -0.15) is 4.31 Å². The minimum Gasteiger partial charge on any atom is -0.329 e. The van der Waals surface area contributed by atoms with Crippen LogP contribution in [0.15, 0.2) is 29.2 Å². The van der Waals surface area contributed by atoms with Crippen molar-refractivity contribution in [3.63, 3.8) is 0 Å². The van der Waals surface area contributed by atoms with Gasteiger partial charge in [0.1, 0.15) is 0 Å². The van der Waals surface area contributed by atoms with Crippen molar-refractivity contribution < 1.29 is 8.42 Å². The summed E-state index contributed by atoms with van der Waals surface area (Å²) in [6.45, 7) is 4.69. The van der Waals surface area contributed by atoms with Gasteiger partial charge in [-0.05, 0) is 48.8 Å². The second-order valence-corrected chi connectivity index (χ2v) is 8.40. The average Bonchev–Trinajstić information content (AvgIpc) is 3.24. The molecule has 21 heavy (non-hydrogen) atoms. The minimum atomic E-state index is -3.45. The Bertz CT molecular complexity index is 562. The molecular formula is C16H26N2O2S. The zero-order chi connectivity index (χ0) is 15.6. The van der Waals surface area contributed by atoms with Gasteiger partial charge in [0.25, 0.3) is 0 Å². The van der Waals surface area contributed by atoms with Crippen LogP contribution in [0.5, 0.6) is 0 Å². The standard InChI is InChI=1S/C16H26N2O2S/c1-12(2)10-13-4-8-15(9-5-13)21(19,20)18(3)16(11-17)14-6-7-14/h4-5,8-9,12,14,16H,6-7,10-11,17H2,1-3H3. The first-order chi connectivity index (χ1) is 9.86. The monoisotopic (exact) mass is 310 g/mol. The highest BCUT2D eigenvalue weighted by Gasteiger charge is 2.38. The van der Waals surface area contributed by atoms with Crippen molar-refractivity contribution in [2.45, 2.75) is 44.0 Å². The van der Waals surface area contributed by atoms with Gasteiger partial charge >= 0.3 is 0 Å². The molecule has 1 fully saturated rings. The van der Waals surface area contributed by atoms with Gasteiger partial charge in [0.15, 0.2) is 0 Å². The lowest BCUT2D eigenvalue weighted by Crippen LogP contribution is -2.43. The third-order valence-corrected chi connectivity index (χ3v) is 6.02. The number of benzene rings is 1. The summed E-state index contributed by atoms with van der Waals surface area (Å²) >= 11 is 0. The lowest BCUT2D eigenvalue weighted by Gasteiger charge is -2.26. The maximum absolute atomic E-state index is 12.7. The summed E-state index contributed by atoms with van der Waals surface area (Å²) in [5.74, 6) is 0.988. The van der Waals surface area contributed by atoms with Crippen molar-refractivity contribution >= 4 is 10.0 Å². The Balaban J connectivity index is 2.18. The molecule has 1 aliphatic rings. The lowest BCUT2D eigenvalue weighted by atomic mass is 10.0. The average molecular weight is 310 g/mol.